The first kappa shape index (κ1) is 38.7. The molecule has 0 radical (unpaired) electrons. The van der Waals surface area contributed by atoms with E-state index in [4.69, 9.17) is 9.90 Å². The average Bonchev–Trinajstić information content (AvgIpc) is 3.44. The van der Waals surface area contributed by atoms with Gasteiger partial charge in [-0.1, -0.05) is 13.3 Å². The van der Waals surface area contributed by atoms with Crippen LogP contribution in [0.1, 0.15) is 66.2 Å². The molecule has 14 heteroatoms. The molecule has 1 aliphatic rings. The normalized spacial score (nSPS) is 13.2. The van der Waals surface area contributed by atoms with E-state index in [1.807, 2.05) is 63.2 Å². The number of carboxylic acid groups (broad SMARTS) is 1. The van der Waals surface area contributed by atoms with Crippen molar-refractivity contribution in [3.05, 3.63) is 87.2 Å². The fourth-order valence-electron chi connectivity index (χ4n) is 5.71. The second-order valence-corrected chi connectivity index (χ2v) is 11.9. The van der Waals surface area contributed by atoms with Crippen molar-refractivity contribution in [3.63, 3.8) is 0 Å². The number of benzene rings is 2. The van der Waals surface area contributed by atoms with Crippen LogP contribution in [-0.2, 0) is 23.1 Å². The van der Waals surface area contributed by atoms with Crippen molar-refractivity contribution >= 4 is 30.6 Å². The zero-order valence-electron chi connectivity index (χ0n) is 28.7. The molecule has 1 saturated heterocycles. The van der Waals surface area contributed by atoms with Gasteiger partial charge in [-0.2, -0.15) is 0 Å². The number of nitrogens with zero attached hydrogens (tertiary/aromatic N) is 4. The van der Waals surface area contributed by atoms with Crippen LogP contribution in [0.3, 0.4) is 0 Å². The Balaban J connectivity index is 0.000000249. The molecular weight excluding hydrogens is 633 g/mol. The number of halogens is 2. The summed E-state index contributed by atoms with van der Waals surface area (Å²) in [6, 6.07) is 10.6. The first-order chi connectivity index (χ1) is 23.5. The third-order valence-electron chi connectivity index (χ3n) is 8.29. The minimum atomic E-state index is -0.739. The van der Waals surface area contributed by atoms with Crippen LogP contribution in [0.15, 0.2) is 53.6 Å². The van der Waals surface area contributed by atoms with Gasteiger partial charge in [0.05, 0.1) is 0 Å². The largest absolute Gasteiger partial charge is 0.483 e. The van der Waals surface area contributed by atoms with Crippen molar-refractivity contribution in [3.8, 4) is 11.1 Å². The molecule has 49 heavy (non-hydrogen) atoms. The Bertz CT molecular complexity index is 1790. The van der Waals surface area contributed by atoms with E-state index in [1.165, 1.54) is 4.57 Å². The summed E-state index contributed by atoms with van der Waals surface area (Å²) in [4.78, 5) is 34.5. The molecule has 0 saturated carbocycles. The third-order valence-corrected chi connectivity index (χ3v) is 8.29. The van der Waals surface area contributed by atoms with Crippen molar-refractivity contribution in [1.82, 2.24) is 29.8 Å². The van der Waals surface area contributed by atoms with Gasteiger partial charge in [0.2, 0.25) is 0 Å². The summed E-state index contributed by atoms with van der Waals surface area (Å²) in [5.74, 6) is -0.587. The molecule has 1 unspecified atom stereocenters. The van der Waals surface area contributed by atoms with Gasteiger partial charge in [0, 0.05) is 38.9 Å². The number of rotatable bonds is 12. The zero-order valence-corrected chi connectivity index (χ0v) is 28.7. The fraction of sp³-hybridized carbons (Fsp3) is 0.429. The molecular formula is C35H45BF2N6O5. The third kappa shape index (κ3) is 10.1. The summed E-state index contributed by atoms with van der Waals surface area (Å²) < 4.78 is 41.6. The van der Waals surface area contributed by atoms with Crippen LogP contribution < -0.4 is 16.1 Å². The van der Waals surface area contributed by atoms with Crippen LogP contribution in [0.2, 0.25) is 0 Å². The summed E-state index contributed by atoms with van der Waals surface area (Å²) in [5.41, 5.74) is 4.97. The minimum absolute atomic E-state index is 0.167. The minimum Gasteiger partial charge on any atom is -0.483 e. The topological polar surface area (TPSA) is 139 Å². The van der Waals surface area contributed by atoms with Crippen molar-refractivity contribution in [1.29, 1.82) is 0 Å². The number of fused-ring (bicyclic) bond motifs is 1. The average molecular weight is 679 g/mol. The number of nitrogens with one attached hydrogen (secondary N) is 2. The van der Waals surface area contributed by atoms with Crippen LogP contribution in [-0.4, -0.2) is 76.4 Å². The van der Waals surface area contributed by atoms with Gasteiger partial charge in [0.15, 0.2) is 0 Å². The molecule has 1 fully saturated rings. The van der Waals surface area contributed by atoms with Crippen molar-refractivity contribution in [2.24, 2.45) is 7.05 Å². The van der Waals surface area contributed by atoms with Crippen LogP contribution in [0.25, 0.3) is 22.0 Å². The smallest absolute Gasteiger partial charge is 0.290 e. The molecule has 1 atom stereocenters. The molecule has 1 aliphatic heterocycles. The summed E-state index contributed by atoms with van der Waals surface area (Å²) in [6.45, 7) is 10.1. The quantitative estimate of drug-likeness (QED) is 0.111. The molecule has 11 nitrogen and oxygen atoms in total. The number of alkyl halides is 1. The van der Waals surface area contributed by atoms with Gasteiger partial charge < -0.3 is 15.0 Å². The number of amides is 1. The van der Waals surface area contributed by atoms with Gasteiger partial charge in [-0.3, -0.25) is 19.3 Å². The van der Waals surface area contributed by atoms with E-state index in [2.05, 4.69) is 15.6 Å². The Kier molecular flexibility index (Phi) is 14.8. The number of hydrogen-bond acceptors (Lipinski definition) is 6. The zero-order chi connectivity index (χ0) is 36.1. The van der Waals surface area contributed by atoms with E-state index in [0.717, 1.165) is 40.4 Å². The van der Waals surface area contributed by atoms with Gasteiger partial charge in [-0.15, -0.1) is 0 Å². The summed E-state index contributed by atoms with van der Waals surface area (Å²) >= 11 is 0. The number of carbonyl (C=O) groups is 2. The molecule has 2 aromatic carbocycles. The van der Waals surface area contributed by atoms with E-state index >= 15 is 0 Å². The number of unbranched alkanes of at least 4 members (excludes halogenated alkanes) is 1. The monoisotopic (exact) mass is 678 g/mol. The molecule has 0 bridgehead atoms. The SMILES string of the molecule is CCC(NB=O)c1cc(-c2c(C)ccc3nn(C)cc23)cc(C)c1F.CCCCNC(=O)c1cccn(CCN2CC(F)C2)c1=O.O=CO. The molecule has 1 amide bonds. The maximum atomic E-state index is 14.7. The molecule has 3 heterocycles. The number of aryl methyl sites for hydroxylation is 3. The van der Waals surface area contributed by atoms with E-state index in [0.29, 0.717) is 57.6 Å². The Morgan fingerprint density at radius 1 is 1.16 bits per heavy atom. The number of likely N-dealkylation sites (tertiary alicyclic amines) is 1. The molecule has 262 valence electrons. The Labute approximate surface area is 285 Å². The van der Waals surface area contributed by atoms with Crippen LogP contribution in [0, 0.1) is 19.7 Å². The van der Waals surface area contributed by atoms with Crippen LogP contribution >= 0.6 is 0 Å². The van der Waals surface area contributed by atoms with E-state index < -0.39 is 6.17 Å². The molecule has 0 aliphatic carbocycles. The number of pyridine rings is 1. The number of aromatic nitrogens is 3. The Morgan fingerprint density at radius 3 is 2.51 bits per heavy atom. The standard InChI is InChI=1S/C19H21BFN3O.C15H22FN3O2.CH2O2/c1-5-16(22-20-25)14-9-13(8-12(3)19(14)21)18-11(2)6-7-17-15(18)10-24(4)23-17;1-2-3-6-17-14(20)13-5-4-7-19(15(13)21)9-8-18-10-12(16)11-18;2-1-3/h6-10,16,22H,5H2,1-4H3;4-5,7,12H,2-3,6,8-11H2,1H3,(H,17,20);1H,(H,2,3). The maximum Gasteiger partial charge on any atom is 0.290 e. The number of hydrogen-bond donors (Lipinski definition) is 3. The molecule has 5 rings (SSSR count). The van der Waals surface area contributed by atoms with Crippen LogP contribution in [0.4, 0.5) is 8.78 Å². The summed E-state index contributed by atoms with van der Waals surface area (Å²) in [5, 5.41) is 17.9. The Morgan fingerprint density at radius 2 is 1.88 bits per heavy atom. The van der Waals surface area contributed by atoms with Gasteiger partial charge in [0.1, 0.15) is 11.7 Å². The van der Waals surface area contributed by atoms with Gasteiger partial charge >= 0.3 is 147 Å². The van der Waals surface area contributed by atoms with E-state index in [1.54, 1.807) is 29.9 Å². The second kappa shape index (κ2) is 18.7. The van der Waals surface area contributed by atoms with Gasteiger partial charge in [-0.05, 0) is 18.6 Å². The number of carbonyl (C=O) groups excluding carboxylic acids is 1. The first-order valence-electron chi connectivity index (χ1n) is 16.3. The predicted octanol–water partition coefficient (Wildman–Crippen LogP) is 4.73. The molecule has 2 aromatic heterocycles. The summed E-state index contributed by atoms with van der Waals surface area (Å²) in [7, 11) is 2.52. The van der Waals surface area contributed by atoms with Gasteiger partial charge in [0.25, 0.3) is 17.9 Å². The predicted molar refractivity (Wildman–Crippen MR) is 186 cm³/mol. The van der Waals surface area contributed by atoms with Crippen molar-refractivity contribution in [2.75, 3.05) is 26.2 Å². The van der Waals surface area contributed by atoms with Crippen molar-refractivity contribution in [2.45, 2.75) is 65.7 Å². The van der Waals surface area contributed by atoms with Crippen molar-refractivity contribution < 1.29 is 28.2 Å². The maximum absolute atomic E-state index is 14.7. The van der Waals surface area contributed by atoms with Gasteiger partial charge in [-0.25, -0.2) is 4.39 Å². The molecule has 4 aromatic rings. The first-order valence-corrected chi connectivity index (χ1v) is 16.3. The fourth-order valence-corrected chi connectivity index (χ4v) is 5.71. The Hall–Kier alpha value is -4.72. The molecule has 0 spiro atoms. The van der Waals surface area contributed by atoms with E-state index in [-0.39, 0.29) is 35.4 Å². The molecule has 3 N–H and O–H groups in total. The second-order valence-electron chi connectivity index (χ2n) is 11.9. The summed E-state index contributed by atoms with van der Waals surface area (Å²) in [6.07, 6.45) is 5.41. The van der Waals surface area contributed by atoms with Crippen LogP contribution in [0.5, 0.6) is 0 Å². The van der Waals surface area contributed by atoms with E-state index in [9.17, 15) is 23.1 Å².